The van der Waals surface area contributed by atoms with Gasteiger partial charge < -0.3 is 15.2 Å². The van der Waals surface area contributed by atoms with Crippen LogP contribution < -0.4 is 15.4 Å². The lowest BCUT2D eigenvalue weighted by molar-refractivity contribution is -0.143. The van der Waals surface area contributed by atoms with Gasteiger partial charge in [-0.25, -0.2) is 0 Å². The summed E-state index contributed by atoms with van der Waals surface area (Å²) >= 11 is 0. The molecule has 2 saturated heterocycles. The number of aliphatic hydroxyl groups excluding tert-OH is 1. The molecule has 8 heteroatoms. The number of hydrogen-bond donors (Lipinski definition) is 3. The molecule has 3 amide bonds. The smallest absolute Gasteiger partial charge is 0.250 e. The molecule has 3 heterocycles. The number of aliphatic hydroxyl groups is 1. The maximum atomic E-state index is 13.7. The highest BCUT2D eigenvalue weighted by atomic mass is 16.5. The standard InChI is InChI=1S/C25H27N3O5/c1-12-5-10-17-20(13(12)2)26-24(32)25(17)19-18(21(27-25)14(3)29)22(30)28(23(19)31)11-15-6-8-16(33-4)9-7-15/h5-10,14,18-19,21,27,29H,11H2,1-4H3,(H,26,32)/t14?,18-,19-,21?,25?/m0/s1. The van der Waals surface area contributed by atoms with Crippen LogP contribution in [0.3, 0.4) is 0 Å². The maximum Gasteiger partial charge on any atom is 0.250 e. The number of carbonyl (C=O) groups excluding carboxylic acids is 3. The van der Waals surface area contributed by atoms with Crippen LogP contribution in [-0.2, 0) is 26.5 Å². The summed E-state index contributed by atoms with van der Waals surface area (Å²) in [5, 5.41) is 16.7. The second kappa shape index (κ2) is 7.40. The second-order valence-electron chi connectivity index (χ2n) is 9.22. The van der Waals surface area contributed by atoms with Gasteiger partial charge in [0.2, 0.25) is 17.7 Å². The van der Waals surface area contributed by atoms with Gasteiger partial charge in [0.1, 0.15) is 11.3 Å². The van der Waals surface area contributed by atoms with Crippen molar-refractivity contribution in [3.8, 4) is 5.75 Å². The summed E-state index contributed by atoms with van der Waals surface area (Å²) in [5.74, 6) is -2.24. The van der Waals surface area contributed by atoms with Gasteiger partial charge in [-0.05, 0) is 49.6 Å². The Balaban J connectivity index is 1.59. The van der Waals surface area contributed by atoms with E-state index < -0.39 is 35.4 Å². The highest BCUT2D eigenvalue weighted by molar-refractivity contribution is 6.15. The molecule has 0 radical (unpaired) electrons. The second-order valence-corrected chi connectivity index (χ2v) is 9.22. The minimum absolute atomic E-state index is 0.0959. The zero-order chi connectivity index (χ0) is 23.7. The van der Waals surface area contributed by atoms with Crippen molar-refractivity contribution in [1.82, 2.24) is 10.2 Å². The van der Waals surface area contributed by atoms with Crippen molar-refractivity contribution in [1.29, 1.82) is 0 Å². The van der Waals surface area contributed by atoms with E-state index in [-0.39, 0.29) is 18.4 Å². The summed E-state index contributed by atoms with van der Waals surface area (Å²) in [6.45, 7) is 5.55. The minimum atomic E-state index is -1.40. The zero-order valence-electron chi connectivity index (χ0n) is 19.0. The Kier molecular flexibility index (Phi) is 4.84. The highest BCUT2D eigenvalue weighted by Crippen LogP contribution is 2.54. The summed E-state index contributed by atoms with van der Waals surface area (Å²) in [6.07, 6.45) is -0.932. The van der Waals surface area contributed by atoms with Crippen LogP contribution in [0, 0.1) is 25.7 Å². The van der Waals surface area contributed by atoms with E-state index in [0.717, 1.165) is 16.7 Å². The zero-order valence-corrected chi connectivity index (χ0v) is 19.0. The molecular weight excluding hydrogens is 422 g/mol. The number of likely N-dealkylation sites (tertiary alicyclic amines) is 1. The van der Waals surface area contributed by atoms with Crippen molar-refractivity contribution < 1.29 is 24.2 Å². The molecule has 0 saturated carbocycles. The first-order valence-electron chi connectivity index (χ1n) is 11.1. The number of nitrogens with one attached hydrogen (secondary N) is 2. The molecule has 33 heavy (non-hydrogen) atoms. The van der Waals surface area contributed by atoms with Crippen molar-refractivity contribution in [2.75, 3.05) is 12.4 Å². The van der Waals surface area contributed by atoms with Crippen LogP contribution in [-0.4, -0.2) is 47.0 Å². The van der Waals surface area contributed by atoms with Gasteiger partial charge in [0.05, 0.1) is 31.6 Å². The number of ether oxygens (including phenoxy) is 1. The number of imide groups is 1. The van der Waals surface area contributed by atoms with E-state index in [9.17, 15) is 19.5 Å². The van der Waals surface area contributed by atoms with Gasteiger partial charge in [-0.2, -0.15) is 0 Å². The number of amides is 3. The van der Waals surface area contributed by atoms with Gasteiger partial charge in [-0.1, -0.05) is 24.3 Å². The Hall–Kier alpha value is -3.23. The lowest BCUT2D eigenvalue weighted by Crippen LogP contribution is -2.54. The molecule has 3 unspecified atom stereocenters. The van der Waals surface area contributed by atoms with Crippen molar-refractivity contribution in [2.24, 2.45) is 11.8 Å². The van der Waals surface area contributed by atoms with Gasteiger partial charge in [-0.15, -0.1) is 0 Å². The van der Waals surface area contributed by atoms with Gasteiger partial charge in [0.15, 0.2) is 0 Å². The number of hydrogen-bond acceptors (Lipinski definition) is 6. The van der Waals surface area contributed by atoms with Crippen molar-refractivity contribution >= 4 is 23.4 Å². The van der Waals surface area contributed by atoms with Crippen LogP contribution in [0.4, 0.5) is 5.69 Å². The van der Waals surface area contributed by atoms with Gasteiger partial charge in [0.25, 0.3) is 0 Å². The van der Waals surface area contributed by atoms with E-state index in [4.69, 9.17) is 4.74 Å². The fraction of sp³-hybridized carbons (Fsp3) is 0.400. The first kappa shape index (κ1) is 21.6. The molecular formula is C25H27N3O5. The Bertz CT molecular complexity index is 1180. The van der Waals surface area contributed by atoms with Crippen molar-refractivity contribution in [3.63, 3.8) is 0 Å². The number of fused-ring (bicyclic) bond motifs is 4. The molecule has 5 atom stereocenters. The first-order chi connectivity index (χ1) is 15.7. The summed E-state index contributed by atoms with van der Waals surface area (Å²) in [5.41, 5.74) is 2.64. The van der Waals surface area contributed by atoms with Crippen LogP contribution in [0.15, 0.2) is 36.4 Å². The molecule has 0 bridgehead atoms. The molecule has 3 aliphatic rings. The van der Waals surface area contributed by atoms with E-state index >= 15 is 0 Å². The number of methoxy groups -OCH3 is 1. The maximum absolute atomic E-state index is 13.7. The molecule has 0 aromatic heterocycles. The molecule has 0 aliphatic carbocycles. The number of anilines is 1. The van der Waals surface area contributed by atoms with Crippen LogP contribution in [0.1, 0.15) is 29.2 Å². The molecule has 3 N–H and O–H groups in total. The number of benzene rings is 2. The van der Waals surface area contributed by atoms with Crippen LogP contribution >= 0.6 is 0 Å². The fourth-order valence-electron chi connectivity index (χ4n) is 5.59. The Labute approximate surface area is 191 Å². The molecule has 1 spiro atoms. The predicted octanol–water partition coefficient (Wildman–Crippen LogP) is 1.61. The third-order valence-corrected chi connectivity index (χ3v) is 7.47. The average Bonchev–Trinajstić information content (AvgIpc) is 3.38. The number of nitrogens with zero attached hydrogens (tertiary/aromatic N) is 1. The monoisotopic (exact) mass is 449 g/mol. The first-order valence-corrected chi connectivity index (χ1v) is 11.1. The van der Waals surface area contributed by atoms with Crippen molar-refractivity contribution in [3.05, 3.63) is 58.7 Å². The third kappa shape index (κ3) is 2.87. The Morgan fingerprint density at radius 3 is 2.42 bits per heavy atom. The van der Waals surface area contributed by atoms with Crippen LogP contribution in [0.5, 0.6) is 5.75 Å². The molecule has 8 nitrogen and oxygen atoms in total. The third-order valence-electron chi connectivity index (χ3n) is 7.47. The predicted molar refractivity (Wildman–Crippen MR) is 120 cm³/mol. The normalized spacial score (nSPS) is 28.8. The fourth-order valence-corrected chi connectivity index (χ4v) is 5.59. The molecule has 2 fully saturated rings. The quantitative estimate of drug-likeness (QED) is 0.612. The lowest BCUT2D eigenvalue weighted by atomic mass is 9.76. The Morgan fingerprint density at radius 1 is 1.09 bits per heavy atom. The van der Waals surface area contributed by atoms with E-state index in [1.807, 2.05) is 26.0 Å². The highest BCUT2D eigenvalue weighted by Gasteiger charge is 2.71. The Morgan fingerprint density at radius 2 is 1.79 bits per heavy atom. The molecule has 5 rings (SSSR count). The van der Waals surface area contributed by atoms with E-state index in [1.54, 1.807) is 38.3 Å². The summed E-state index contributed by atoms with van der Waals surface area (Å²) in [6, 6.07) is 10.2. The topological polar surface area (TPSA) is 108 Å². The van der Waals surface area contributed by atoms with Crippen molar-refractivity contribution in [2.45, 2.75) is 45.0 Å². The minimum Gasteiger partial charge on any atom is -0.497 e. The van der Waals surface area contributed by atoms with Crippen LogP contribution in [0.2, 0.25) is 0 Å². The van der Waals surface area contributed by atoms with Gasteiger partial charge >= 0.3 is 0 Å². The number of aryl methyl sites for hydroxylation is 1. The molecule has 2 aromatic rings. The number of carbonyl (C=O) groups is 3. The average molecular weight is 450 g/mol. The van der Waals surface area contributed by atoms with E-state index in [0.29, 0.717) is 17.0 Å². The lowest BCUT2D eigenvalue weighted by Gasteiger charge is -2.30. The van der Waals surface area contributed by atoms with E-state index in [2.05, 4.69) is 10.6 Å². The SMILES string of the molecule is COc1ccc(CN2C(=O)[C@@H]3C(C(C)O)NC4(C(=O)Nc5c4ccc(C)c5C)[C@@H]3C2=O)cc1. The molecule has 172 valence electrons. The van der Waals surface area contributed by atoms with Gasteiger partial charge in [-0.3, -0.25) is 24.6 Å². The summed E-state index contributed by atoms with van der Waals surface area (Å²) < 4.78 is 5.18. The van der Waals surface area contributed by atoms with Crippen LogP contribution in [0.25, 0.3) is 0 Å². The number of rotatable bonds is 4. The molecule has 2 aromatic carbocycles. The molecule has 3 aliphatic heterocycles. The largest absolute Gasteiger partial charge is 0.497 e. The summed E-state index contributed by atoms with van der Waals surface area (Å²) in [7, 11) is 1.57. The van der Waals surface area contributed by atoms with Gasteiger partial charge in [0, 0.05) is 17.3 Å². The van der Waals surface area contributed by atoms with E-state index in [1.165, 1.54) is 4.90 Å². The summed E-state index contributed by atoms with van der Waals surface area (Å²) in [4.78, 5) is 41.9.